The van der Waals surface area contributed by atoms with Crippen molar-refractivity contribution in [2.24, 2.45) is 4.99 Å². The molecule has 4 rings (SSSR count). The van der Waals surface area contributed by atoms with E-state index >= 15 is 0 Å². The van der Waals surface area contributed by atoms with Crippen LogP contribution in [0.1, 0.15) is 29.3 Å². The van der Waals surface area contributed by atoms with Gasteiger partial charge in [-0.3, -0.25) is 9.79 Å². The van der Waals surface area contributed by atoms with Crippen LogP contribution in [-0.2, 0) is 0 Å². The lowest BCUT2D eigenvalue weighted by Crippen LogP contribution is -2.47. The molecule has 1 amide bonds. The average molecular weight is 444 g/mol. The maximum absolute atomic E-state index is 12.9. The number of carbonyl (C=O) groups is 1. The molecule has 0 N–H and O–H groups in total. The fourth-order valence-electron chi connectivity index (χ4n) is 3.43. The van der Waals surface area contributed by atoms with Gasteiger partial charge in [0.25, 0.3) is 5.91 Å². The Labute approximate surface area is 172 Å². The predicted molar refractivity (Wildman–Crippen MR) is 115 cm³/mol. The molecule has 2 heterocycles. The first-order valence-electron chi connectivity index (χ1n) is 9.22. The Morgan fingerprint density at radius 1 is 1.11 bits per heavy atom. The van der Waals surface area contributed by atoms with Crippen molar-refractivity contribution in [1.82, 2.24) is 9.80 Å². The fourth-order valence-corrected chi connectivity index (χ4v) is 4.79. The van der Waals surface area contributed by atoms with Crippen LogP contribution < -0.4 is 0 Å². The van der Waals surface area contributed by atoms with E-state index in [4.69, 9.17) is 4.99 Å². The van der Waals surface area contributed by atoms with Crippen molar-refractivity contribution in [3.05, 3.63) is 52.0 Å². The summed E-state index contributed by atoms with van der Waals surface area (Å²) in [5.41, 5.74) is 3.84. The Bertz CT molecular complexity index is 920. The van der Waals surface area contributed by atoms with Gasteiger partial charge in [0.15, 0.2) is 0 Å². The molecule has 140 valence electrons. The monoisotopic (exact) mass is 443 g/mol. The highest BCUT2D eigenvalue weighted by molar-refractivity contribution is 9.10. The Morgan fingerprint density at radius 3 is 2.59 bits per heavy atom. The van der Waals surface area contributed by atoms with E-state index in [9.17, 15) is 4.79 Å². The van der Waals surface area contributed by atoms with E-state index in [-0.39, 0.29) is 5.91 Å². The van der Waals surface area contributed by atoms with Gasteiger partial charge >= 0.3 is 0 Å². The van der Waals surface area contributed by atoms with E-state index in [2.05, 4.69) is 53.0 Å². The third kappa shape index (κ3) is 3.84. The molecular weight excluding hydrogens is 422 g/mol. The van der Waals surface area contributed by atoms with E-state index in [1.165, 1.54) is 10.5 Å². The van der Waals surface area contributed by atoms with Crippen LogP contribution in [0, 0.1) is 0 Å². The standard InChI is InChI=1S/C21H22BrN3OS/c1-3-17-16-13-15(22)5-7-19(16)27-20-6-4-14(12-18(20)23-17)21(26)25-10-8-24(2)9-11-25/h4-7,12-13H,3,8-11H2,1-2H3. The number of nitrogens with zero attached hydrogens (tertiary/aromatic N) is 3. The molecule has 2 aliphatic rings. The minimum atomic E-state index is 0.105. The summed E-state index contributed by atoms with van der Waals surface area (Å²) in [6.07, 6.45) is 0.847. The fraction of sp³-hybridized carbons (Fsp3) is 0.333. The lowest BCUT2D eigenvalue weighted by molar-refractivity contribution is 0.0664. The number of rotatable bonds is 2. The van der Waals surface area contributed by atoms with Gasteiger partial charge in [0.05, 0.1) is 5.69 Å². The van der Waals surface area contributed by atoms with Crippen LogP contribution in [0.5, 0.6) is 0 Å². The van der Waals surface area contributed by atoms with Gasteiger partial charge < -0.3 is 9.80 Å². The second kappa shape index (κ2) is 7.78. The lowest BCUT2D eigenvalue weighted by atomic mass is 10.1. The highest BCUT2D eigenvalue weighted by atomic mass is 79.9. The van der Waals surface area contributed by atoms with Crippen molar-refractivity contribution in [3.8, 4) is 0 Å². The molecule has 6 heteroatoms. The first-order chi connectivity index (χ1) is 13.0. The first kappa shape index (κ1) is 18.7. The quantitative estimate of drug-likeness (QED) is 0.666. The molecule has 2 aliphatic heterocycles. The normalized spacial score (nSPS) is 17.0. The van der Waals surface area contributed by atoms with E-state index in [0.29, 0.717) is 0 Å². The van der Waals surface area contributed by atoms with Gasteiger partial charge in [0.1, 0.15) is 0 Å². The lowest BCUT2D eigenvalue weighted by Gasteiger charge is -2.32. The second-order valence-corrected chi connectivity index (χ2v) is 8.93. The molecule has 0 aliphatic carbocycles. The largest absolute Gasteiger partial charge is 0.336 e. The smallest absolute Gasteiger partial charge is 0.254 e. The zero-order chi connectivity index (χ0) is 19.0. The third-order valence-corrected chi connectivity index (χ3v) is 6.69. The number of piperazine rings is 1. The second-order valence-electron chi connectivity index (χ2n) is 6.93. The number of amides is 1. The zero-order valence-corrected chi connectivity index (χ0v) is 17.9. The minimum Gasteiger partial charge on any atom is -0.336 e. The summed E-state index contributed by atoms with van der Waals surface area (Å²) in [7, 11) is 2.10. The van der Waals surface area contributed by atoms with Gasteiger partial charge in [-0.2, -0.15) is 0 Å². The molecule has 4 nitrogen and oxygen atoms in total. The molecule has 1 saturated heterocycles. The number of carbonyl (C=O) groups excluding carboxylic acids is 1. The van der Waals surface area contributed by atoms with Gasteiger partial charge in [-0.05, 0) is 49.9 Å². The van der Waals surface area contributed by atoms with Gasteiger partial charge in [0, 0.05) is 57.3 Å². The Balaban J connectivity index is 1.69. The highest BCUT2D eigenvalue weighted by Gasteiger charge is 2.23. The average Bonchev–Trinajstić information content (AvgIpc) is 2.83. The van der Waals surface area contributed by atoms with Gasteiger partial charge in [-0.15, -0.1) is 0 Å². The van der Waals surface area contributed by atoms with Gasteiger partial charge in [-0.25, -0.2) is 0 Å². The molecule has 2 aromatic carbocycles. The summed E-state index contributed by atoms with van der Waals surface area (Å²) in [5, 5.41) is 0. The van der Waals surface area contributed by atoms with E-state index in [1.807, 2.05) is 23.1 Å². The van der Waals surface area contributed by atoms with Crippen molar-refractivity contribution >= 4 is 45.0 Å². The van der Waals surface area contributed by atoms with Crippen LogP contribution in [0.15, 0.2) is 55.7 Å². The number of likely N-dealkylation sites (N-methyl/N-ethyl adjacent to an activating group) is 1. The summed E-state index contributed by atoms with van der Waals surface area (Å²) in [5.74, 6) is 0.105. The minimum absolute atomic E-state index is 0.105. The van der Waals surface area contributed by atoms with Gasteiger partial charge in [-0.1, -0.05) is 34.6 Å². The van der Waals surface area contributed by atoms with Crippen molar-refractivity contribution in [3.63, 3.8) is 0 Å². The van der Waals surface area contributed by atoms with Crippen LogP contribution in [0.4, 0.5) is 5.69 Å². The number of hydrogen-bond acceptors (Lipinski definition) is 4. The maximum Gasteiger partial charge on any atom is 0.254 e. The molecule has 1 fully saturated rings. The number of aliphatic imine (C=N–C) groups is 1. The van der Waals surface area contributed by atoms with E-state index in [1.54, 1.807) is 11.8 Å². The number of benzene rings is 2. The summed E-state index contributed by atoms with van der Waals surface area (Å²) in [4.78, 5) is 24.4. The molecular formula is C21H22BrN3OS. The number of hydrogen-bond donors (Lipinski definition) is 0. The van der Waals surface area contributed by atoms with Gasteiger partial charge in [0.2, 0.25) is 0 Å². The molecule has 0 aromatic heterocycles. The van der Waals surface area contributed by atoms with Crippen molar-refractivity contribution < 1.29 is 4.79 Å². The zero-order valence-electron chi connectivity index (χ0n) is 15.5. The maximum atomic E-state index is 12.9. The van der Waals surface area contributed by atoms with E-state index < -0.39 is 0 Å². The predicted octanol–water partition coefficient (Wildman–Crippen LogP) is 4.83. The molecule has 0 bridgehead atoms. The summed E-state index contributed by atoms with van der Waals surface area (Å²) < 4.78 is 1.06. The Hall–Kier alpha value is -1.63. The molecule has 27 heavy (non-hydrogen) atoms. The Kier molecular flexibility index (Phi) is 5.39. The summed E-state index contributed by atoms with van der Waals surface area (Å²) in [6, 6.07) is 12.3. The Morgan fingerprint density at radius 2 is 1.85 bits per heavy atom. The molecule has 0 unspecified atom stereocenters. The van der Waals surface area contributed by atoms with Crippen LogP contribution in [0.3, 0.4) is 0 Å². The summed E-state index contributed by atoms with van der Waals surface area (Å²) >= 11 is 5.29. The number of halogens is 1. The highest BCUT2D eigenvalue weighted by Crippen LogP contribution is 2.42. The van der Waals surface area contributed by atoms with Crippen molar-refractivity contribution in [2.75, 3.05) is 33.2 Å². The summed E-state index contributed by atoms with van der Waals surface area (Å²) in [6.45, 7) is 5.54. The van der Waals surface area contributed by atoms with E-state index in [0.717, 1.165) is 58.9 Å². The van der Waals surface area contributed by atoms with Crippen LogP contribution in [0.2, 0.25) is 0 Å². The molecule has 0 saturated carbocycles. The molecule has 2 aromatic rings. The molecule has 0 atom stereocenters. The third-order valence-electron chi connectivity index (χ3n) is 5.06. The molecule has 0 spiro atoms. The van der Waals surface area contributed by atoms with Crippen LogP contribution in [-0.4, -0.2) is 54.6 Å². The van der Waals surface area contributed by atoms with Crippen molar-refractivity contribution in [2.45, 2.75) is 23.1 Å². The first-order valence-corrected chi connectivity index (χ1v) is 10.8. The van der Waals surface area contributed by atoms with Crippen molar-refractivity contribution in [1.29, 1.82) is 0 Å². The van der Waals surface area contributed by atoms with Crippen LogP contribution >= 0.6 is 27.7 Å². The van der Waals surface area contributed by atoms with Crippen LogP contribution in [0.25, 0.3) is 0 Å². The number of fused-ring (bicyclic) bond motifs is 2. The molecule has 0 radical (unpaired) electrons. The SMILES string of the molecule is CCC1=Nc2cc(C(=O)N3CCN(C)CC3)ccc2Sc2ccc(Br)cc21. The topological polar surface area (TPSA) is 35.9 Å².